The average Bonchev–Trinajstić information content (AvgIpc) is 3.43. The topological polar surface area (TPSA) is 113 Å². The summed E-state index contributed by atoms with van der Waals surface area (Å²) < 4.78 is 74.1. The molecule has 0 spiro atoms. The number of fused-ring (bicyclic) bond motifs is 1. The van der Waals surface area contributed by atoms with E-state index in [1.165, 1.54) is 36.4 Å². The number of alkyl halides is 3. The molecule has 8 nitrogen and oxygen atoms in total. The number of nitrogens with one attached hydrogen (secondary N) is 1. The van der Waals surface area contributed by atoms with Gasteiger partial charge in [-0.05, 0) is 71.1 Å². The van der Waals surface area contributed by atoms with E-state index in [0.717, 1.165) is 22.0 Å². The molecule has 12 heteroatoms. The second kappa shape index (κ2) is 13.0. The summed E-state index contributed by atoms with van der Waals surface area (Å²) in [6, 6.07) is 23.0. The van der Waals surface area contributed by atoms with Crippen LogP contribution in [-0.2, 0) is 38.8 Å². The number of carbonyl (C=O) groups excluding carboxylic acids is 1. The van der Waals surface area contributed by atoms with Crippen molar-refractivity contribution in [3.8, 4) is 16.9 Å². The summed E-state index contributed by atoms with van der Waals surface area (Å²) in [4.78, 5) is 24.0. The number of carboxylic acid groups (broad SMARTS) is 1. The summed E-state index contributed by atoms with van der Waals surface area (Å²) in [6.45, 7) is 0.382. The number of carboxylic acids is 1. The molecule has 4 aromatic rings. The number of sulfonamides is 1. The van der Waals surface area contributed by atoms with E-state index < -0.39 is 39.7 Å². The van der Waals surface area contributed by atoms with Gasteiger partial charge in [0.25, 0.3) is 10.0 Å². The van der Waals surface area contributed by atoms with Crippen LogP contribution >= 0.6 is 0 Å². The predicted molar refractivity (Wildman–Crippen MR) is 161 cm³/mol. The van der Waals surface area contributed by atoms with Gasteiger partial charge in [0.2, 0.25) is 5.91 Å². The Kier molecular flexibility index (Phi) is 9.14. The maximum atomic E-state index is 14.0. The highest BCUT2D eigenvalue weighted by molar-refractivity contribution is 7.93. The second-order valence-electron chi connectivity index (χ2n) is 10.5. The Hall–Kier alpha value is -4.84. The number of para-hydroxylation sites is 1. The number of hydrogen-bond donors (Lipinski definition) is 2. The second-order valence-corrected chi connectivity index (χ2v) is 12.3. The van der Waals surface area contributed by atoms with Crippen LogP contribution in [0.3, 0.4) is 0 Å². The van der Waals surface area contributed by atoms with Gasteiger partial charge in [0, 0.05) is 19.4 Å². The van der Waals surface area contributed by atoms with Gasteiger partial charge in [-0.2, -0.15) is 13.2 Å². The van der Waals surface area contributed by atoms with Crippen LogP contribution in [0.2, 0.25) is 0 Å². The van der Waals surface area contributed by atoms with E-state index in [-0.39, 0.29) is 36.5 Å². The minimum absolute atomic E-state index is 0.00695. The summed E-state index contributed by atoms with van der Waals surface area (Å²) in [7, 11) is -4.24. The molecule has 0 aromatic heterocycles. The molecule has 1 atom stereocenters. The molecule has 1 heterocycles. The van der Waals surface area contributed by atoms with Crippen molar-refractivity contribution in [3.63, 3.8) is 0 Å². The Labute approximate surface area is 258 Å². The molecule has 0 fully saturated rings. The molecular formula is C33H29F3N2O6S. The van der Waals surface area contributed by atoms with Gasteiger partial charge >= 0.3 is 12.1 Å². The van der Waals surface area contributed by atoms with Crippen molar-refractivity contribution in [2.24, 2.45) is 0 Å². The molecule has 2 N–H and O–H groups in total. The maximum absolute atomic E-state index is 14.0. The standard InChI is InChI=1S/C33H29F3N2O6S/c34-33(35,36)26-7-3-6-24(19-26)23-12-16-28(17-13-23)45(42,43)38-29-8-2-1-5-25(29)20-30(38)32(41)37-21-22-10-14-27(15-11-22)44-18-4-9-31(39)40/h1-3,5-8,10-17,19,30H,4,9,18,20-21H2,(H,37,41)(H,39,40)/t30-/m0/s1. The fourth-order valence-corrected chi connectivity index (χ4v) is 6.74. The van der Waals surface area contributed by atoms with E-state index >= 15 is 0 Å². The summed E-state index contributed by atoms with van der Waals surface area (Å²) in [5.74, 6) is -0.837. The summed E-state index contributed by atoms with van der Waals surface area (Å²) >= 11 is 0. The number of amides is 1. The number of rotatable bonds is 11. The van der Waals surface area contributed by atoms with Crippen LogP contribution in [0.1, 0.15) is 29.5 Å². The zero-order chi connectivity index (χ0) is 32.2. The number of carbonyl (C=O) groups is 2. The number of halogens is 3. The molecule has 234 valence electrons. The minimum Gasteiger partial charge on any atom is -0.494 e. The van der Waals surface area contributed by atoms with E-state index in [9.17, 15) is 31.2 Å². The summed E-state index contributed by atoms with van der Waals surface area (Å²) in [5.41, 5.74) is 1.70. The van der Waals surface area contributed by atoms with E-state index in [1.54, 1.807) is 48.5 Å². The van der Waals surface area contributed by atoms with Crippen LogP contribution in [0.4, 0.5) is 18.9 Å². The normalized spacial score (nSPS) is 14.6. The van der Waals surface area contributed by atoms with Crippen LogP contribution < -0.4 is 14.4 Å². The molecular weight excluding hydrogens is 609 g/mol. The van der Waals surface area contributed by atoms with Gasteiger partial charge in [-0.3, -0.25) is 13.9 Å². The van der Waals surface area contributed by atoms with Crippen LogP contribution in [0.5, 0.6) is 5.75 Å². The van der Waals surface area contributed by atoms with Gasteiger partial charge in [0.1, 0.15) is 11.8 Å². The fraction of sp³-hybridized carbons (Fsp3) is 0.212. The lowest BCUT2D eigenvalue weighted by molar-refractivity contribution is -0.138. The number of nitrogens with zero attached hydrogens (tertiary/aromatic N) is 1. The van der Waals surface area contributed by atoms with Crippen LogP contribution in [0.25, 0.3) is 11.1 Å². The third kappa shape index (κ3) is 7.28. The Balaban J connectivity index is 1.31. The average molecular weight is 639 g/mol. The Morgan fingerprint density at radius 2 is 1.62 bits per heavy atom. The number of hydrogen-bond acceptors (Lipinski definition) is 5. The SMILES string of the molecule is O=C(O)CCCOc1ccc(CNC(=O)[C@@H]2Cc3ccccc3N2S(=O)(=O)c2ccc(-c3cccc(C(F)(F)F)c3)cc2)cc1. The van der Waals surface area contributed by atoms with Crippen LogP contribution in [0.15, 0.2) is 102 Å². The molecule has 0 unspecified atom stereocenters. The lowest BCUT2D eigenvalue weighted by Gasteiger charge is -2.26. The minimum atomic E-state index is -4.51. The lowest BCUT2D eigenvalue weighted by Crippen LogP contribution is -2.47. The highest BCUT2D eigenvalue weighted by Crippen LogP contribution is 2.38. The highest BCUT2D eigenvalue weighted by Gasteiger charge is 2.42. The van der Waals surface area contributed by atoms with Gasteiger partial charge < -0.3 is 15.2 Å². The van der Waals surface area contributed by atoms with E-state index in [1.807, 2.05) is 0 Å². The van der Waals surface area contributed by atoms with E-state index in [0.29, 0.717) is 29.0 Å². The molecule has 0 radical (unpaired) electrons. The molecule has 4 aromatic carbocycles. The summed E-state index contributed by atoms with van der Waals surface area (Å²) in [5, 5.41) is 11.5. The van der Waals surface area contributed by atoms with Crippen molar-refractivity contribution in [2.45, 2.75) is 42.9 Å². The molecule has 0 bridgehead atoms. The van der Waals surface area contributed by atoms with Crippen LogP contribution in [-0.4, -0.2) is 38.0 Å². The van der Waals surface area contributed by atoms with Crippen molar-refractivity contribution < 1.29 is 41.0 Å². The van der Waals surface area contributed by atoms with Crippen molar-refractivity contribution in [3.05, 3.63) is 114 Å². The van der Waals surface area contributed by atoms with Gasteiger partial charge in [-0.1, -0.05) is 54.6 Å². The first-order valence-electron chi connectivity index (χ1n) is 14.0. The third-order valence-electron chi connectivity index (χ3n) is 7.36. The van der Waals surface area contributed by atoms with Crippen molar-refractivity contribution in [1.29, 1.82) is 0 Å². The Bertz CT molecular complexity index is 1790. The molecule has 0 saturated heterocycles. The molecule has 45 heavy (non-hydrogen) atoms. The van der Waals surface area contributed by atoms with Gasteiger partial charge in [0.05, 0.1) is 22.8 Å². The van der Waals surface area contributed by atoms with Gasteiger partial charge in [0.15, 0.2) is 0 Å². The van der Waals surface area contributed by atoms with Gasteiger partial charge in [-0.25, -0.2) is 8.42 Å². The maximum Gasteiger partial charge on any atom is 0.416 e. The number of ether oxygens (including phenoxy) is 1. The summed E-state index contributed by atoms with van der Waals surface area (Å²) in [6.07, 6.45) is -3.98. The Morgan fingerprint density at radius 1 is 0.911 bits per heavy atom. The molecule has 5 rings (SSSR count). The zero-order valence-corrected chi connectivity index (χ0v) is 24.6. The molecule has 0 saturated carbocycles. The van der Waals surface area contributed by atoms with Crippen LogP contribution in [0, 0.1) is 0 Å². The Morgan fingerprint density at radius 3 is 2.31 bits per heavy atom. The monoisotopic (exact) mass is 638 g/mol. The van der Waals surface area contributed by atoms with Crippen molar-refractivity contribution >= 4 is 27.6 Å². The number of aliphatic carboxylic acids is 1. The highest BCUT2D eigenvalue weighted by atomic mass is 32.2. The van der Waals surface area contributed by atoms with Crippen molar-refractivity contribution in [1.82, 2.24) is 5.32 Å². The van der Waals surface area contributed by atoms with E-state index in [4.69, 9.17) is 9.84 Å². The first-order chi connectivity index (χ1) is 21.4. The quantitative estimate of drug-likeness (QED) is 0.194. The predicted octanol–water partition coefficient (Wildman–Crippen LogP) is 6.05. The first kappa shape index (κ1) is 31.6. The zero-order valence-electron chi connectivity index (χ0n) is 23.8. The smallest absolute Gasteiger partial charge is 0.416 e. The number of benzene rings is 4. The molecule has 1 aliphatic rings. The first-order valence-corrected chi connectivity index (χ1v) is 15.5. The largest absolute Gasteiger partial charge is 0.494 e. The van der Waals surface area contributed by atoms with Gasteiger partial charge in [-0.15, -0.1) is 0 Å². The molecule has 1 amide bonds. The van der Waals surface area contributed by atoms with Crippen molar-refractivity contribution in [2.75, 3.05) is 10.9 Å². The third-order valence-corrected chi connectivity index (χ3v) is 9.19. The lowest BCUT2D eigenvalue weighted by atomic mass is 10.0. The fourth-order valence-electron chi connectivity index (χ4n) is 5.09. The van der Waals surface area contributed by atoms with E-state index in [2.05, 4.69) is 5.32 Å². The molecule has 1 aliphatic heterocycles. The molecule has 0 aliphatic carbocycles. The number of anilines is 1.